The molecule has 0 spiro atoms. The van der Waals surface area contributed by atoms with E-state index in [1.165, 1.54) is 0 Å². The number of nitrogens with one attached hydrogen (secondary N) is 1. The van der Waals surface area contributed by atoms with Gasteiger partial charge in [-0.3, -0.25) is 9.00 Å². The fourth-order valence-electron chi connectivity index (χ4n) is 2.87. The average molecular weight is 323 g/mol. The van der Waals surface area contributed by atoms with Crippen LogP contribution in [0.3, 0.4) is 0 Å². The first kappa shape index (κ1) is 16.7. The molecule has 2 N–H and O–H groups in total. The van der Waals surface area contributed by atoms with Crippen LogP contribution in [0.25, 0.3) is 0 Å². The lowest BCUT2D eigenvalue weighted by Gasteiger charge is -2.34. The van der Waals surface area contributed by atoms with Gasteiger partial charge in [-0.15, -0.1) is 0 Å². The molecule has 22 heavy (non-hydrogen) atoms. The van der Waals surface area contributed by atoms with Gasteiger partial charge in [-0.05, 0) is 30.5 Å². The fraction of sp³-hybridized carbons (Fsp3) is 0.500. The molecule has 1 unspecified atom stereocenters. The van der Waals surface area contributed by atoms with Crippen molar-refractivity contribution in [3.63, 3.8) is 0 Å². The van der Waals surface area contributed by atoms with Gasteiger partial charge in [0.25, 0.3) is 5.91 Å². The van der Waals surface area contributed by atoms with Crippen molar-refractivity contribution in [1.29, 1.82) is 0 Å². The molecule has 2 rings (SSSR count). The van der Waals surface area contributed by atoms with Crippen LogP contribution >= 0.6 is 0 Å². The molecule has 1 amide bonds. The predicted octanol–water partition coefficient (Wildman–Crippen LogP) is 2.08. The third-order valence-corrected chi connectivity index (χ3v) is 4.77. The van der Waals surface area contributed by atoms with Gasteiger partial charge >= 0.3 is 5.97 Å². The second-order valence-corrected chi connectivity index (χ2v) is 7.26. The van der Waals surface area contributed by atoms with Gasteiger partial charge in [0, 0.05) is 28.4 Å². The lowest BCUT2D eigenvalue weighted by atomic mass is 9.81. The molecule has 1 aliphatic rings. The Morgan fingerprint density at radius 2 is 1.95 bits per heavy atom. The van der Waals surface area contributed by atoms with Crippen molar-refractivity contribution in [2.75, 3.05) is 6.26 Å². The summed E-state index contributed by atoms with van der Waals surface area (Å²) < 4.78 is 11.3. The molecule has 5 nitrogen and oxygen atoms in total. The van der Waals surface area contributed by atoms with Crippen molar-refractivity contribution in [3.8, 4) is 0 Å². The Kier molecular flexibility index (Phi) is 5.34. The molecule has 0 heterocycles. The monoisotopic (exact) mass is 323 g/mol. The largest absolute Gasteiger partial charge is 0.480 e. The first-order valence-corrected chi connectivity index (χ1v) is 9.10. The standard InChI is InChI=1S/C16H21NO4S/c1-22(21)11-12-6-5-7-13(10-12)14(18)17-16(15(19)20)8-3-2-4-9-16/h5-7,10H,2-4,8-9,11H2,1H3,(H,17,18)(H,19,20). The third kappa shape index (κ3) is 3.94. The number of benzene rings is 1. The molecule has 1 aliphatic carbocycles. The van der Waals surface area contributed by atoms with Gasteiger partial charge in [-0.2, -0.15) is 0 Å². The van der Waals surface area contributed by atoms with Crippen LogP contribution < -0.4 is 5.32 Å². The summed E-state index contributed by atoms with van der Waals surface area (Å²) in [5, 5.41) is 12.2. The van der Waals surface area contributed by atoms with Gasteiger partial charge < -0.3 is 10.4 Å². The van der Waals surface area contributed by atoms with Gasteiger partial charge in [-0.1, -0.05) is 31.4 Å². The number of carbonyl (C=O) groups is 2. The second-order valence-electron chi connectivity index (χ2n) is 5.82. The van der Waals surface area contributed by atoms with Gasteiger partial charge in [0.15, 0.2) is 0 Å². The number of aliphatic carboxylic acids is 1. The van der Waals surface area contributed by atoms with E-state index in [9.17, 15) is 18.9 Å². The van der Waals surface area contributed by atoms with Gasteiger partial charge in [0.1, 0.15) is 5.54 Å². The summed E-state index contributed by atoms with van der Waals surface area (Å²) >= 11 is 0. The first-order chi connectivity index (χ1) is 10.4. The molecule has 0 aliphatic heterocycles. The minimum atomic E-state index is -1.15. The second kappa shape index (κ2) is 7.05. The SMILES string of the molecule is CS(=O)Cc1cccc(C(=O)NC2(C(=O)O)CCCCC2)c1. The van der Waals surface area contributed by atoms with E-state index < -0.39 is 22.3 Å². The topological polar surface area (TPSA) is 83.5 Å². The number of amides is 1. The molecule has 1 fully saturated rings. The number of hydrogen-bond donors (Lipinski definition) is 2. The molecular weight excluding hydrogens is 302 g/mol. The Morgan fingerprint density at radius 3 is 2.55 bits per heavy atom. The minimum absolute atomic E-state index is 0.380. The normalized spacial score (nSPS) is 18.4. The van der Waals surface area contributed by atoms with E-state index in [-0.39, 0.29) is 5.91 Å². The fourth-order valence-corrected chi connectivity index (χ4v) is 3.52. The van der Waals surface area contributed by atoms with Crippen LogP contribution in [0.2, 0.25) is 0 Å². The smallest absolute Gasteiger partial charge is 0.329 e. The molecule has 0 saturated heterocycles. The molecular formula is C16H21NO4S. The molecule has 120 valence electrons. The first-order valence-electron chi connectivity index (χ1n) is 7.38. The number of carboxylic acid groups (broad SMARTS) is 1. The van der Waals surface area contributed by atoms with Crippen molar-refractivity contribution in [3.05, 3.63) is 35.4 Å². The Bertz CT molecular complexity index is 594. The zero-order valence-electron chi connectivity index (χ0n) is 12.6. The Morgan fingerprint density at radius 1 is 1.27 bits per heavy atom. The average Bonchev–Trinajstić information content (AvgIpc) is 2.47. The van der Waals surface area contributed by atoms with Crippen LogP contribution in [0.15, 0.2) is 24.3 Å². The maximum absolute atomic E-state index is 12.4. The molecule has 1 saturated carbocycles. The Labute approximate surface area is 132 Å². The number of carbonyl (C=O) groups excluding carboxylic acids is 1. The summed E-state index contributed by atoms with van der Waals surface area (Å²) in [6, 6.07) is 6.86. The Balaban J connectivity index is 2.17. The highest BCUT2D eigenvalue weighted by Crippen LogP contribution is 2.29. The maximum Gasteiger partial charge on any atom is 0.329 e. The third-order valence-electron chi connectivity index (χ3n) is 4.03. The van der Waals surface area contributed by atoms with E-state index in [1.807, 2.05) is 6.07 Å². The van der Waals surface area contributed by atoms with E-state index in [0.717, 1.165) is 24.8 Å². The summed E-state index contributed by atoms with van der Waals surface area (Å²) in [7, 11) is -0.986. The number of rotatable bonds is 5. The Hall–Kier alpha value is -1.69. The summed E-state index contributed by atoms with van der Waals surface area (Å²) in [4.78, 5) is 24.0. The molecule has 1 aromatic carbocycles. The molecule has 0 bridgehead atoms. The van der Waals surface area contributed by atoms with Crippen molar-refractivity contribution >= 4 is 22.7 Å². The van der Waals surface area contributed by atoms with Crippen LogP contribution in [-0.2, 0) is 21.3 Å². The van der Waals surface area contributed by atoms with Crippen LogP contribution in [0.4, 0.5) is 0 Å². The molecule has 0 radical (unpaired) electrons. The van der Waals surface area contributed by atoms with Crippen LogP contribution in [0.5, 0.6) is 0 Å². The van der Waals surface area contributed by atoms with Crippen molar-refractivity contribution < 1.29 is 18.9 Å². The summed E-state index contributed by atoms with van der Waals surface area (Å²) in [6.07, 6.45) is 5.15. The number of carboxylic acids is 1. The molecule has 6 heteroatoms. The van der Waals surface area contributed by atoms with E-state index in [0.29, 0.717) is 24.2 Å². The van der Waals surface area contributed by atoms with Gasteiger partial charge in [-0.25, -0.2) is 4.79 Å². The highest BCUT2D eigenvalue weighted by Gasteiger charge is 2.41. The van der Waals surface area contributed by atoms with Crippen molar-refractivity contribution in [1.82, 2.24) is 5.32 Å². The maximum atomic E-state index is 12.4. The van der Waals surface area contributed by atoms with Crippen LogP contribution in [-0.4, -0.2) is 33.0 Å². The zero-order chi connectivity index (χ0) is 16.2. The zero-order valence-corrected chi connectivity index (χ0v) is 13.4. The molecule has 1 atom stereocenters. The van der Waals surface area contributed by atoms with E-state index >= 15 is 0 Å². The minimum Gasteiger partial charge on any atom is -0.480 e. The van der Waals surface area contributed by atoms with E-state index in [1.54, 1.807) is 24.5 Å². The highest BCUT2D eigenvalue weighted by atomic mass is 32.2. The predicted molar refractivity (Wildman–Crippen MR) is 85.1 cm³/mol. The van der Waals surface area contributed by atoms with Crippen LogP contribution in [0, 0.1) is 0 Å². The lowest BCUT2D eigenvalue weighted by molar-refractivity contribution is -0.145. The quantitative estimate of drug-likeness (QED) is 0.869. The number of hydrogen-bond acceptors (Lipinski definition) is 3. The van der Waals surface area contributed by atoms with E-state index in [4.69, 9.17) is 0 Å². The summed E-state index contributed by atoms with van der Waals surface area (Å²) in [5.41, 5.74) is 0.0643. The van der Waals surface area contributed by atoms with Crippen LogP contribution in [0.1, 0.15) is 48.0 Å². The summed E-state index contributed by atoms with van der Waals surface area (Å²) in [6.45, 7) is 0. The highest BCUT2D eigenvalue weighted by molar-refractivity contribution is 7.83. The van der Waals surface area contributed by atoms with Gasteiger partial charge in [0.05, 0.1) is 0 Å². The molecule has 0 aromatic heterocycles. The summed E-state index contributed by atoms with van der Waals surface area (Å²) in [5.74, 6) is -0.968. The lowest BCUT2D eigenvalue weighted by Crippen LogP contribution is -2.55. The van der Waals surface area contributed by atoms with Crippen molar-refractivity contribution in [2.45, 2.75) is 43.4 Å². The van der Waals surface area contributed by atoms with Gasteiger partial charge in [0.2, 0.25) is 0 Å². The molecule has 1 aromatic rings. The van der Waals surface area contributed by atoms with Crippen molar-refractivity contribution in [2.24, 2.45) is 0 Å². The van der Waals surface area contributed by atoms with E-state index in [2.05, 4.69) is 5.32 Å².